The Morgan fingerprint density at radius 3 is 2.54 bits per heavy atom. The van der Waals surface area contributed by atoms with Gasteiger partial charge in [-0.1, -0.05) is 18.2 Å². The fraction of sp³-hybridized carbons (Fsp3) is 0.158. The third kappa shape index (κ3) is 3.57. The minimum Gasteiger partial charge on any atom is -0.493 e. The Labute approximate surface area is 155 Å². The summed E-state index contributed by atoms with van der Waals surface area (Å²) in [5.74, 6) is 0.559. The molecule has 0 aliphatic carbocycles. The van der Waals surface area contributed by atoms with Crippen LogP contribution in [0, 0.1) is 5.82 Å². The summed E-state index contributed by atoms with van der Waals surface area (Å²) in [6.45, 7) is 0. The lowest BCUT2D eigenvalue weighted by molar-refractivity contribution is -0.121. The Kier molecular flexibility index (Phi) is 5.27. The Bertz CT molecular complexity index is 911. The van der Waals surface area contributed by atoms with Gasteiger partial charge in [-0.25, -0.2) is 9.38 Å². The third-order valence-electron chi connectivity index (χ3n) is 3.78. The molecule has 0 saturated carbocycles. The average molecular weight is 372 g/mol. The van der Waals surface area contributed by atoms with E-state index in [-0.39, 0.29) is 11.6 Å². The highest BCUT2D eigenvalue weighted by atomic mass is 32.2. The monoisotopic (exact) mass is 372 g/mol. The smallest absolute Gasteiger partial charge is 0.266 e. The topological polar surface area (TPSA) is 51.1 Å². The molecule has 2 aromatic carbocycles. The first kappa shape index (κ1) is 18.0. The molecule has 3 rings (SSSR count). The maximum atomic E-state index is 13.8. The second-order valence-electron chi connectivity index (χ2n) is 5.44. The highest BCUT2D eigenvalue weighted by Crippen LogP contribution is 2.35. The summed E-state index contributed by atoms with van der Waals surface area (Å²) in [4.78, 5) is 18.6. The molecule has 0 unspecified atom stereocenters. The van der Waals surface area contributed by atoms with Crippen LogP contribution >= 0.6 is 11.8 Å². The van der Waals surface area contributed by atoms with Crippen LogP contribution in [0.5, 0.6) is 11.5 Å². The van der Waals surface area contributed by atoms with Crippen molar-refractivity contribution in [2.24, 2.45) is 4.99 Å². The van der Waals surface area contributed by atoms with Gasteiger partial charge in [-0.05, 0) is 47.7 Å². The van der Waals surface area contributed by atoms with E-state index in [1.807, 2.05) is 6.07 Å². The minimum atomic E-state index is -0.432. The van der Waals surface area contributed by atoms with Crippen molar-refractivity contribution < 1.29 is 18.7 Å². The summed E-state index contributed by atoms with van der Waals surface area (Å²) in [5, 5.41) is 0.423. The van der Waals surface area contributed by atoms with Crippen molar-refractivity contribution in [1.29, 1.82) is 0 Å². The lowest BCUT2D eigenvalue weighted by Gasteiger charge is -2.08. The van der Waals surface area contributed by atoms with Crippen LogP contribution in [0.1, 0.15) is 5.56 Å². The summed E-state index contributed by atoms with van der Waals surface area (Å²) in [7, 11) is 4.73. The van der Waals surface area contributed by atoms with Crippen LogP contribution in [-0.2, 0) is 4.79 Å². The van der Waals surface area contributed by atoms with Crippen LogP contribution in [0.25, 0.3) is 6.08 Å². The van der Waals surface area contributed by atoms with Crippen LogP contribution < -0.4 is 9.47 Å². The second kappa shape index (κ2) is 7.61. The van der Waals surface area contributed by atoms with E-state index in [4.69, 9.17) is 9.47 Å². The number of amidine groups is 1. The van der Waals surface area contributed by atoms with Gasteiger partial charge >= 0.3 is 0 Å². The molecule has 0 aromatic heterocycles. The molecule has 0 bridgehead atoms. The number of methoxy groups -OCH3 is 2. The van der Waals surface area contributed by atoms with Gasteiger partial charge in [-0.3, -0.25) is 9.69 Å². The number of thioether (sulfide) groups is 1. The highest BCUT2D eigenvalue weighted by molar-refractivity contribution is 8.18. The molecule has 0 radical (unpaired) electrons. The lowest BCUT2D eigenvalue weighted by atomic mass is 10.2. The molecule has 134 valence electrons. The van der Waals surface area contributed by atoms with Crippen LogP contribution in [0.3, 0.4) is 0 Å². The van der Waals surface area contributed by atoms with E-state index < -0.39 is 5.82 Å². The molecule has 0 spiro atoms. The summed E-state index contributed by atoms with van der Waals surface area (Å²) in [6.07, 6.45) is 1.75. The Hall–Kier alpha value is -2.80. The molecule has 1 amide bonds. The van der Waals surface area contributed by atoms with E-state index in [2.05, 4.69) is 4.99 Å². The van der Waals surface area contributed by atoms with Crippen molar-refractivity contribution in [2.75, 3.05) is 21.3 Å². The maximum Gasteiger partial charge on any atom is 0.266 e. The number of halogens is 1. The number of nitrogens with zero attached hydrogens (tertiary/aromatic N) is 2. The van der Waals surface area contributed by atoms with E-state index in [0.29, 0.717) is 21.6 Å². The zero-order valence-corrected chi connectivity index (χ0v) is 15.3. The number of aliphatic imine (C=N–C) groups is 1. The van der Waals surface area contributed by atoms with Crippen LogP contribution in [0.15, 0.2) is 52.4 Å². The van der Waals surface area contributed by atoms with Crippen molar-refractivity contribution in [3.05, 3.63) is 58.8 Å². The lowest BCUT2D eigenvalue weighted by Crippen LogP contribution is -2.23. The van der Waals surface area contributed by atoms with Gasteiger partial charge < -0.3 is 9.47 Å². The summed E-state index contributed by atoms with van der Waals surface area (Å²) < 4.78 is 24.3. The summed E-state index contributed by atoms with van der Waals surface area (Å²) in [6, 6.07) is 11.6. The maximum absolute atomic E-state index is 13.8. The molecular formula is C19H17FN2O3S. The number of carbonyl (C=O) groups excluding carboxylic acids is 1. The number of hydrogen-bond acceptors (Lipinski definition) is 5. The molecule has 1 aliphatic heterocycles. The van der Waals surface area contributed by atoms with Gasteiger partial charge in [0, 0.05) is 7.05 Å². The van der Waals surface area contributed by atoms with Crippen molar-refractivity contribution in [3.8, 4) is 11.5 Å². The predicted octanol–water partition coefficient (Wildman–Crippen LogP) is 4.08. The minimum absolute atomic E-state index is 0.195. The largest absolute Gasteiger partial charge is 0.493 e. The van der Waals surface area contributed by atoms with Crippen molar-refractivity contribution >= 4 is 34.6 Å². The normalized spacial score (nSPS) is 17.2. The van der Waals surface area contributed by atoms with Gasteiger partial charge in [0.1, 0.15) is 11.5 Å². The van der Waals surface area contributed by atoms with Gasteiger partial charge in [0.2, 0.25) is 0 Å². The molecule has 7 heteroatoms. The summed E-state index contributed by atoms with van der Waals surface area (Å²) >= 11 is 1.20. The summed E-state index contributed by atoms with van der Waals surface area (Å²) in [5.41, 5.74) is 0.987. The van der Waals surface area contributed by atoms with Crippen LogP contribution in [0.4, 0.5) is 10.1 Å². The fourth-order valence-electron chi connectivity index (χ4n) is 2.39. The number of hydrogen-bond donors (Lipinski definition) is 0. The molecule has 2 aromatic rings. The quantitative estimate of drug-likeness (QED) is 0.759. The molecule has 5 nitrogen and oxygen atoms in total. The van der Waals surface area contributed by atoms with Gasteiger partial charge in [0.25, 0.3) is 5.91 Å². The van der Waals surface area contributed by atoms with Crippen LogP contribution in [-0.4, -0.2) is 37.2 Å². The average Bonchev–Trinajstić information content (AvgIpc) is 2.91. The number of rotatable bonds is 4. The Balaban J connectivity index is 1.92. The van der Waals surface area contributed by atoms with Crippen molar-refractivity contribution in [2.45, 2.75) is 0 Å². The zero-order chi connectivity index (χ0) is 18.7. The Morgan fingerprint density at radius 1 is 1.12 bits per heavy atom. The van der Waals surface area contributed by atoms with E-state index in [1.54, 1.807) is 57.7 Å². The SMILES string of the molecule is COc1ccc(/C=C2/SC(=Nc3ccccc3F)N(C)C2=O)cc1OC. The number of likely N-dealkylation sites (N-methyl/N-ethyl adjacent to an activating group) is 1. The van der Waals surface area contributed by atoms with Gasteiger partial charge in [-0.15, -0.1) is 0 Å². The van der Waals surface area contributed by atoms with E-state index in [0.717, 1.165) is 5.56 Å². The molecule has 1 saturated heterocycles. The number of amides is 1. The highest BCUT2D eigenvalue weighted by Gasteiger charge is 2.30. The van der Waals surface area contributed by atoms with E-state index in [9.17, 15) is 9.18 Å². The molecule has 1 heterocycles. The van der Waals surface area contributed by atoms with E-state index in [1.165, 1.54) is 22.7 Å². The first-order chi connectivity index (χ1) is 12.5. The van der Waals surface area contributed by atoms with Gasteiger partial charge in [-0.2, -0.15) is 0 Å². The fourth-order valence-corrected chi connectivity index (χ4v) is 3.37. The molecule has 26 heavy (non-hydrogen) atoms. The molecule has 0 N–H and O–H groups in total. The van der Waals surface area contributed by atoms with Gasteiger partial charge in [0.05, 0.1) is 19.1 Å². The standard InChI is InChI=1S/C19H17FN2O3S/c1-22-18(23)17(11-12-8-9-15(24-2)16(10-12)25-3)26-19(22)21-14-7-5-4-6-13(14)20/h4-11H,1-3H3/b17-11+,21-19?. The first-order valence-corrected chi connectivity index (χ1v) is 8.58. The van der Waals surface area contributed by atoms with Gasteiger partial charge in [0.15, 0.2) is 16.7 Å². The third-order valence-corrected chi connectivity index (χ3v) is 4.84. The van der Waals surface area contributed by atoms with Crippen LogP contribution in [0.2, 0.25) is 0 Å². The Morgan fingerprint density at radius 2 is 1.85 bits per heavy atom. The number of benzene rings is 2. The van der Waals surface area contributed by atoms with E-state index >= 15 is 0 Å². The number of carbonyl (C=O) groups is 1. The van der Waals surface area contributed by atoms with Crippen molar-refractivity contribution in [3.63, 3.8) is 0 Å². The molecule has 1 fully saturated rings. The molecular weight excluding hydrogens is 355 g/mol. The number of para-hydroxylation sites is 1. The predicted molar refractivity (Wildman–Crippen MR) is 101 cm³/mol. The zero-order valence-electron chi connectivity index (χ0n) is 14.5. The number of ether oxygens (including phenoxy) is 2. The molecule has 1 aliphatic rings. The molecule has 0 atom stereocenters. The first-order valence-electron chi connectivity index (χ1n) is 7.76. The second-order valence-corrected chi connectivity index (χ2v) is 6.44. The van der Waals surface area contributed by atoms with Crippen molar-refractivity contribution in [1.82, 2.24) is 4.90 Å².